The van der Waals surface area contributed by atoms with E-state index in [-0.39, 0.29) is 5.97 Å². The minimum Gasteiger partial charge on any atom is -0.513 e. The molecule has 1 aliphatic heterocycles. The number of carbonyl (C=O) groups is 1. The summed E-state index contributed by atoms with van der Waals surface area (Å²) >= 11 is 9.27. The van der Waals surface area contributed by atoms with Gasteiger partial charge in [0.05, 0.1) is 12.1 Å². The summed E-state index contributed by atoms with van der Waals surface area (Å²) in [4.78, 5) is 15.4. The Kier molecular flexibility index (Phi) is 5.30. The molecule has 3 rings (SSSR count). The van der Waals surface area contributed by atoms with E-state index in [9.17, 15) is 4.79 Å². The van der Waals surface area contributed by atoms with Gasteiger partial charge in [0.25, 0.3) is 0 Å². The lowest BCUT2D eigenvalue weighted by molar-refractivity contribution is -0.142. The van der Waals surface area contributed by atoms with Crippen LogP contribution in [-0.2, 0) is 28.2 Å². The molecule has 0 radical (unpaired) electrons. The molecule has 4 nitrogen and oxygen atoms in total. The number of carbonyl (C=O) groups excluding carboxylic acids is 1. The van der Waals surface area contributed by atoms with Crippen molar-refractivity contribution >= 4 is 56.9 Å². The number of aromatic nitrogens is 1. The van der Waals surface area contributed by atoms with Crippen LogP contribution in [0.15, 0.2) is 30.5 Å². The molecule has 0 amide bonds. The van der Waals surface area contributed by atoms with Gasteiger partial charge in [0.15, 0.2) is 0 Å². The summed E-state index contributed by atoms with van der Waals surface area (Å²) in [5, 5.41) is 2.78. The number of esters is 1. The van der Waals surface area contributed by atoms with E-state index in [4.69, 9.17) is 17.0 Å². The van der Waals surface area contributed by atoms with Crippen LogP contribution in [-0.4, -0.2) is 35.6 Å². The van der Waals surface area contributed by atoms with E-state index < -0.39 is 11.1 Å². The molecule has 1 unspecified atom stereocenters. The Hall–Kier alpha value is -0.330. The van der Waals surface area contributed by atoms with Crippen LogP contribution in [0.1, 0.15) is 5.56 Å². The molecule has 0 aliphatic carbocycles. The summed E-state index contributed by atoms with van der Waals surface area (Å²) in [5.74, 6) is 1.86. The summed E-state index contributed by atoms with van der Waals surface area (Å²) in [6.45, 7) is 0. The van der Waals surface area contributed by atoms with Crippen molar-refractivity contribution in [1.29, 1.82) is 0 Å². The second kappa shape index (κ2) is 7.05. The van der Waals surface area contributed by atoms with Gasteiger partial charge in [-0.2, -0.15) is 5.09 Å². The van der Waals surface area contributed by atoms with E-state index in [1.54, 1.807) is 22.8 Å². The van der Waals surface area contributed by atoms with Crippen LogP contribution in [0, 0.1) is 0 Å². The van der Waals surface area contributed by atoms with Crippen molar-refractivity contribution in [2.24, 2.45) is 0 Å². The highest BCUT2D eigenvalue weighted by atomic mass is 33.4. The minimum absolute atomic E-state index is 0.248. The lowest BCUT2D eigenvalue weighted by Gasteiger charge is -2.28. The Labute approximate surface area is 143 Å². The van der Waals surface area contributed by atoms with Crippen LogP contribution in [0.3, 0.4) is 0 Å². The number of ether oxygens (including phenoxy) is 1. The molecule has 1 aliphatic rings. The van der Waals surface area contributed by atoms with E-state index >= 15 is 0 Å². The molecule has 0 saturated carbocycles. The molecule has 8 heteroatoms. The number of para-hydroxylation sites is 1. The molecular formula is C14H17N2O2PS3. The molecule has 2 aromatic rings. The summed E-state index contributed by atoms with van der Waals surface area (Å²) in [7, 11) is 1.43. The Balaban J connectivity index is 1.82. The fourth-order valence-electron chi connectivity index (χ4n) is 2.46. The van der Waals surface area contributed by atoms with Gasteiger partial charge in [0, 0.05) is 57.8 Å². The van der Waals surface area contributed by atoms with Crippen LogP contribution < -0.4 is 5.09 Å². The van der Waals surface area contributed by atoms with Gasteiger partial charge in [-0.15, -0.1) is 0 Å². The number of hydrogen-bond donors (Lipinski definition) is 2. The highest BCUT2D eigenvalue weighted by Crippen LogP contribution is 2.78. The average Bonchev–Trinajstić information content (AvgIpc) is 3.13. The predicted octanol–water partition coefficient (Wildman–Crippen LogP) is 3.55. The van der Waals surface area contributed by atoms with Crippen molar-refractivity contribution < 1.29 is 9.53 Å². The summed E-state index contributed by atoms with van der Waals surface area (Å²) < 4.78 is 4.97. The average molecular weight is 372 g/mol. The Morgan fingerprint density at radius 3 is 2.91 bits per heavy atom. The maximum Gasteiger partial charge on any atom is 0.326 e. The van der Waals surface area contributed by atoms with E-state index in [2.05, 4.69) is 16.1 Å². The zero-order chi connectivity index (χ0) is 15.6. The third kappa shape index (κ3) is 3.60. The molecule has 2 N–H and O–H groups in total. The molecule has 1 aromatic carbocycles. The Morgan fingerprint density at radius 2 is 2.18 bits per heavy atom. The molecule has 0 bridgehead atoms. The van der Waals surface area contributed by atoms with Crippen molar-refractivity contribution in [1.82, 2.24) is 10.1 Å². The van der Waals surface area contributed by atoms with Gasteiger partial charge in [-0.25, -0.2) is 0 Å². The predicted molar refractivity (Wildman–Crippen MR) is 100 cm³/mol. The second-order valence-electron chi connectivity index (χ2n) is 4.93. The van der Waals surface area contributed by atoms with Gasteiger partial charge >= 0.3 is 5.97 Å². The molecule has 118 valence electrons. The number of H-pyrrole nitrogens is 1. The fraction of sp³-hybridized carbons (Fsp3) is 0.357. The Bertz CT molecular complexity index is 673. The third-order valence-corrected chi connectivity index (χ3v) is 13.7. The summed E-state index contributed by atoms with van der Waals surface area (Å²) in [6, 6.07) is 7.70. The first kappa shape index (κ1) is 16.5. The van der Waals surface area contributed by atoms with Gasteiger partial charge in [-0.3, -0.25) is 4.79 Å². The molecule has 2 heterocycles. The molecule has 0 spiro atoms. The Morgan fingerprint density at radius 1 is 1.45 bits per heavy atom. The van der Waals surface area contributed by atoms with Crippen molar-refractivity contribution in [3.63, 3.8) is 0 Å². The van der Waals surface area contributed by atoms with E-state index in [0.717, 1.165) is 28.0 Å². The topological polar surface area (TPSA) is 54.1 Å². The highest BCUT2D eigenvalue weighted by molar-refractivity contribution is 9.12. The number of methoxy groups -OCH3 is 1. The van der Waals surface area contributed by atoms with Crippen LogP contribution in [0.25, 0.3) is 10.9 Å². The standard InChI is InChI=1S/C14H17N2O2PS3/c1-18-14(17)13(16-19(20)21-6-7-22-19)8-10-9-15-12-5-3-2-4-11(10)12/h2-5,9,13,15H,6-8H2,1H3,(H,16,20). The molecule has 1 aromatic heterocycles. The van der Waals surface area contributed by atoms with Crippen molar-refractivity contribution in [2.75, 3.05) is 18.6 Å². The largest absolute Gasteiger partial charge is 0.513 e. The zero-order valence-electron chi connectivity index (χ0n) is 12.1. The van der Waals surface area contributed by atoms with Crippen molar-refractivity contribution in [3.05, 3.63) is 36.0 Å². The lowest BCUT2D eigenvalue weighted by atomic mass is 10.1. The zero-order valence-corrected chi connectivity index (χ0v) is 15.4. The lowest BCUT2D eigenvalue weighted by Crippen LogP contribution is -2.37. The maximum absolute atomic E-state index is 12.2. The summed E-state index contributed by atoms with van der Waals surface area (Å²) in [6.07, 6.45) is 2.54. The van der Waals surface area contributed by atoms with Gasteiger partial charge in [-0.05, 0) is 11.6 Å². The quantitative estimate of drug-likeness (QED) is 0.476. The molecule has 1 saturated heterocycles. The van der Waals surface area contributed by atoms with Crippen molar-refractivity contribution in [2.45, 2.75) is 12.5 Å². The van der Waals surface area contributed by atoms with Gasteiger partial charge < -0.3 is 22.0 Å². The summed E-state index contributed by atoms with van der Waals surface area (Å²) in [5.41, 5.74) is 2.18. The fourth-order valence-corrected chi connectivity index (χ4v) is 12.3. The number of aromatic amines is 1. The number of rotatable bonds is 5. The van der Waals surface area contributed by atoms with Crippen LogP contribution in [0.2, 0.25) is 0 Å². The monoisotopic (exact) mass is 372 g/mol. The maximum atomic E-state index is 12.2. The number of hydrogen-bond acceptors (Lipinski definition) is 6. The third-order valence-electron chi connectivity index (χ3n) is 3.50. The number of fused-ring (bicyclic) bond motifs is 1. The first-order valence-electron chi connectivity index (χ1n) is 6.91. The van der Waals surface area contributed by atoms with Crippen LogP contribution >= 0.6 is 27.8 Å². The van der Waals surface area contributed by atoms with Gasteiger partial charge in [0.2, 0.25) is 0 Å². The molecular weight excluding hydrogens is 355 g/mol. The van der Waals surface area contributed by atoms with Crippen LogP contribution in [0.5, 0.6) is 0 Å². The second-order valence-corrected chi connectivity index (χ2v) is 16.1. The molecule has 22 heavy (non-hydrogen) atoms. The molecule has 1 atom stereocenters. The number of nitrogens with one attached hydrogen (secondary N) is 2. The van der Waals surface area contributed by atoms with Crippen LogP contribution in [0.4, 0.5) is 0 Å². The SMILES string of the molecule is COC(=O)C(Cc1c[nH]c2ccccc12)N[P+]1([S-])SCCS1. The smallest absolute Gasteiger partial charge is 0.326 e. The van der Waals surface area contributed by atoms with Gasteiger partial charge in [-0.1, -0.05) is 18.2 Å². The highest BCUT2D eigenvalue weighted by Gasteiger charge is 2.37. The first-order chi connectivity index (χ1) is 10.6. The van der Waals surface area contributed by atoms with E-state index in [1.165, 1.54) is 7.11 Å². The minimum atomic E-state index is -1.77. The van der Waals surface area contributed by atoms with E-state index in [0.29, 0.717) is 6.42 Å². The number of benzene rings is 1. The van der Waals surface area contributed by atoms with Gasteiger partial charge in [0.1, 0.15) is 6.04 Å². The normalized spacial score (nSPS) is 18.5. The first-order valence-corrected chi connectivity index (χ1v) is 12.9. The van der Waals surface area contributed by atoms with Crippen molar-refractivity contribution in [3.8, 4) is 0 Å². The molecule has 1 fully saturated rings. The van der Waals surface area contributed by atoms with E-state index in [1.807, 2.05) is 24.4 Å².